The SMILES string of the molecule is COc1ccc(C(C)(C)NC(=O)NCc2ccc(F)cc2)cc1OC. The number of nitrogens with one attached hydrogen (secondary N) is 2. The Hall–Kier alpha value is -2.76. The molecule has 0 atom stereocenters. The molecule has 0 radical (unpaired) electrons. The van der Waals surface area contributed by atoms with Crippen molar-refractivity contribution in [3.8, 4) is 11.5 Å². The Labute approximate surface area is 147 Å². The van der Waals surface area contributed by atoms with Gasteiger partial charge in [0.1, 0.15) is 5.82 Å². The number of benzene rings is 2. The summed E-state index contributed by atoms with van der Waals surface area (Å²) in [5.74, 6) is 0.923. The van der Waals surface area contributed by atoms with Gasteiger partial charge in [0.05, 0.1) is 19.8 Å². The fourth-order valence-electron chi connectivity index (χ4n) is 2.41. The molecule has 0 saturated carbocycles. The fraction of sp³-hybridized carbons (Fsp3) is 0.316. The zero-order valence-electron chi connectivity index (χ0n) is 14.9. The van der Waals surface area contributed by atoms with Crippen LogP contribution in [0, 0.1) is 5.82 Å². The van der Waals surface area contributed by atoms with Crippen LogP contribution in [-0.4, -0.2) is 20.3 Å². The second kappa shape index (κ2) is 7.88. The van der Waals surface area contributed by atoms with Crippen molar-refractivity contribution >= 4 is 6.03 Å². The number of carbonyl (C=O) groups excluding carboxylic acids is 1. The summed E-state index contributed by atoms with van der Waals surface area (Å²) in [4.78, 5) is 12.2. The molecule has 0 fully saturated rings. The van der Waals surface area contributed by atoms with E-state index in [9.17, 15) is 9.18 Å². The minimum Gasteiger partial charge on any atom is -0.493 e. The van der Waals surface area contributed by atoms with Crippen LogP contribution in [0.4, 0.5) is 9.18 Å². The lowest BCUT2D eigenvalue weighted by Crippen LogP contribution is -2.46. The second-order valence-corrected chi connectivity index (χ2v) is 6.13. The molecule has 0 unspecified atom stereocenters. The van der Waals surface area contributed by atoms with Gasteiger partial charge in [-0.05, 0) is 49.2 Å². The quantitative estimate of drug-likeness (QED) is 0.840. The number of ether oxygens (including phenoxy) is 2. The molecule has 2 aromatic rings. The van der Waals surface area contributed by atoms with E-state index in [2.05, 4.69) is 10.6 Å². The van der Waals surface area contributed by atoms with E-state index in [4.69, 9.17) is 9.47 Å². The first-order chi connectivity index (χ1) is 11.9. The van der Waals surface area contributed by atoms with E-state index in [1.165, 1.54) is 12.1 Å². The zero-order chi connectivity index (χ0) is 18.4. The highest BCUT2D eigenvalue weighted by molar-refractivity contribution is 5.75. The van der Waals surface area contributed by atoms with Gasteiger partial charge in [-0.1, -0.05) is 18.2 Å². The molecule has 0 aliphatic rings. The van der Waals surface area contributed by atoms with Crippen LogP contribution in [0.25, 0.3) is 0 Å². The molecule has 0 bridgehead atoms. The third kappa shape index (κ3) is 4.86. The van der Waals surface area contributed by atoms with Crippen molar-refractivity contribution in [2.45, 2.75) is 25.9 Å². The normalized spacial score (nSPS) is 10.9. The first-order valence-corrected chi connectivity index (χ1v) is 7.88. The van der Waals surface area contributed by atoms with Crippen molar-refractivity contribution < 1.29 is 18.7 Å². The van der Waals surface area contributed by atoms with Crippen molar-refractivity contribution in [3.05, 3.63) is 59.4 Å². The molecule has 0 spiro atoms. The smallest absolute Gasteiger partial charge is 0.315 e. The summed E-state index contributed by atoms with van der Waals surface area (Å²) in [6, 6.07) is 11.2. The van der Waals surface area contributed by atoms with Gasteiger partial charge in [0.15, 0.2) is 11.5 Å². The Morgan fingerprint density at radius 1 is 1.04 bits per heavy atom. The predicted octanol–water partition coefficient (Wildman–Crippen LogP) is 3.58. The molecular formula is C19H23FN2O3. The predicted molar refractivity (Wildman–Crippen MR) is 94.3 cm³/mol. The summed E-state index contributed by atoms with van der Waals surface area (Å²) in [7, 11) is 3.14. The number of hydrogen-bond acceptors (Lipinski definition) is 3. The lowest BCUT2D eigenvalue weighted by molar-refractivity contribution is 0.229. The van der Waals surface area contributed by atoms with Crippen LogP contribution >= 0.6 is 0 Å². The van der Waals surface area contributed by atoms with Crippen LogP contribution in [0.5, 0.6) is 11.5 Å². The Morgan fingerprint density at radius 3 is 2.28 bits per heavy atom. The van der Waals surface area contributed by atoms with Crippen LogP contribution in [0.3, 0.4) is 0 Å². The lowest BCUT2D eigenvalue weighted by atomic mass is 9.94. The summed E-state index contributed by atoms with van der Waals surface area (Å²) in [5.41, 5.74) is 1.08. The number of hydrogen-bond donors (Lipinski definition) is 2. The molecule has 2 N–H and O–H groups in total. The highest BCUT2D eigenvalue weighted by atomic mass is 19.1. The van der Waals surface area contributed by atoms with E-state index in [-0.39, 0.29) is 11.8 Å². The van der Waals surface area contributed by atoms with Crippen LogP contribution in [0.15, 0.2) is 42.5 Å². The Balaban J connectivity index is 2.01. The van der Waals surface area contributed by atoms with Crippen molar-refractivity contribution in [1.82, 2.24) is 10.6 Å². The Bertz CT molecular complexity index is 730. The standard InChI is InChI=1S/C19H23FN2O3/c1-19(2,14-7-10-16(24-3)17(11-14)25-4)22-18(23)21-12-13-5-8-15(20)9-6-13/h5-11H,12H2,1-4H3,(H2,21,22,23). The third-order valence-electron chi connectivity index (χ3n) is 3.90. The van der Waals surface area contributed by atoms with Gasteiger partial charge in [-0.25, -0.2) is 9.18 Å². The van der Waals surface area contributed by atoms with Crippen LogP contribution < -0.4 is 20.1 Å². The van der Waals surface area contributed by atoms with Crippen LogP contribution in [-0.2, 0) is 12.1 Å². The van der Waals surface area contributed by atoms with Crippen molar-refractivity contribution in [3.63, 3.8) is 0 Å². The zero-order valence-corrected chi connectivity index (χ0v) is 14.9. The number of rotatable bonds is 6. The summed E-state index contributed by atoms with van der Waals surface area (Å²) in [6.07, 6.45) is 0. The first-order valence-electron chi connectivity index (χ1n) is 7.88. The average molecular weight is 346 g/mol. The highest BCUT2D eigenvalue weighted by Gasteiger charge is 2.24. The van der Waals surface area contributed by atoms with Crippen molar-refractivity contribution in [1.29, 1.82) is 0 Å². The largest absolute Gasteiger partial charge is 0.493 e. The monoisotopic (exact) mass is 346 g/mol. The van der Waals surface area contributed by atoms with E-state index in [0.29, 0.717) is 18.0 Å². The molecule has 134 valence electrons. The molecule has 0 aliphatic heterocycles. The molecule has 25 heavy (non-hydrogen) atoms. The molecule has 0 aliphatic carbocycles. The molecule has 2 aromatic carbocycles. The minimum atomic E-state index is -0.619. The second-order valence-electron chi connectivity index (χ2n) is 6.13. The maximum atomic E-state index is 12.9. The molecule has 0 heterocycles. The Morgan fingerprint density at radius 2 is 1.68 bits per heavy atom. The maximum Gasteiger partial charge on any atom is 0.315 e. The van der Waals surface area contributed by atoms with E-state index >= 15 is 0 Å². The summed E-state index contributed by atoms with van der Waals surface area (Å²) in [6.45, 7) is 4.10. The van der Waals surface area contributed by atoms with Gasteiger partial charge in [0.2, 0.25) is 0 Å². The van der Waals surface area contributed by atoms with Gasteiger partial charge < -0.3 is 20.1 Å². The molecule has 0 saturated heterocycles. The van der Waals surface area contributed by atoms with E-state index in [0.717, 1.165) is 11.1 Å². The molecule has 6 heteroatoms. The molecule has 5 nitrogen and oxygen atoms in total. The third-order valence-corrected chi connectivity index (χ3v) is 3.90. The van der Waals surface area contributed by atoms with Gasteiger partial charge in [-0.15, -0.1) is 0 Å². The van der Waals surface area contributed by atoms with Gasteiger partial charge in [0.25, 0.3) is 0 Å². The topological polar surface area (TPSA) is 59.6 Å². The summed E-state index contributed by atoms with van der Waals surface area (Å²) < 4.78 is 23.4. The van der Waals surface area contributed by atoms with Gasteiger partial charge in [-0.3, -0.25) is 0 Å². The number of urea groups is 1. The lowest BCUT2D eigenvalue weighted by Gasteiger charge is -2.27. The van der Waals surface area contributed by atoms with Gasteiger partial charge >= 0.3 is 6.03 Å². The Kier molecular flexibility index (Phi) is 5.85. The maximum absolute atomic E-state index is 12.9. The van der Waals surface area contributed by atoms with Crippen molar-refractivity contribution in [2.24, 2.45) is 0 Å². The number of amides is 2. The summed E-state index contributed by atoms with van der Waals surface area (Å²) >= 11 is 0. The number of methoxy groups -OCH3 is 2. The number of carbonyl (C=O) groups is 1. The molecule has 2 amide bonds. The highest BCUT2D eigenvalue weighted by Crippen LogP contribution is 2.31. The van der Waals surface area contributed by atoms with Crippen LogP contribution in [0.1, 0.15) is 25.0 Å². The van der Waals surface area contributed by atoms with E-state index in [1.807, 2.05) is 26.0 Å². The average Bonchev–Trinajstić information content (AvgIpc) is 2.60. The minimum absolute atomic E-state index is 0.303. The molecule has 0 aromatic heterocycles. The van der Waals surface area contributed by atoms with Gasteiger partial charge in [-0.2, -0.15) is 0 Å². The first kappa shape index (κ1) is 18.6. The fourth-order valence-corrected chi connectivity index (χ4v) is 2.41. The van der Waals surface area contributed by atoms with Gasteiger partial charge in [0, 0.05) is 6.54 Å². The number of halogens is 1. The molecular weight excluding hydrogens is 323 g/mol. The van der Waals surface area contributed by atoms with E-state index < -0.39 is 5.54 Å². The van der Waals surface area contributed by atoms with Crippen molar-refractivity contribution in [2.75, 3.05) is 14.2 Å². The van der Waals surface area contributed by atoms with Crippen LogP contribution in [0.2, 0.25) is 0 Å². The summed E-state index contributed by atoms with van der Waals surface area (Å²) in [5, 5.41) is 5.69. The van der Waals surface area contributed by atoms with E-state index in [1.54, 1.807) is 32.4 Å². The molecule has 2 rings (SSSR count).